The van der Waals surface area contributed by atoms with Gasteiger partial charge in [-0.2, -0.15) is 8.42 Å². The summed E-state index contributed by atoms with van der Waals surface area (Å²) in [6.45, 7) is -0.00847. The fourth-order valence-corrected chi connectivity index (χ4v) is 2.35. The quantitative estimate of drug-likeness (QED) is 0.765. The number of nitrogens with two attached hydrogens (primary N) is 1. The summed E-state index contributed by atoms with van der Waals surface area (Å²) in [5, 5.41) is -0.0684. The van der Waals surface area contributed by atoms with Crippen LogP contribution in [0.4, 0.5) is 10.1 Å². The number of hydrogen-bond acceptors (Lipinski definition) is 4. The molecule has 1 aromatic heterocycles. The summed E-state index contributed by atoms with van der Waals surface area (Å²) in [6, 6.07) is 3.83. The first-order valence-electron chi connectivity index (χ1n) is 5.02. The summed E-state index contributed by atoms with van der Waals surface area (Å²) < 4.78 is 39.2. The Bertz CT molecular complexity index is 640. The van der Waals surface area contributed by atoms with Crippen molar-refractivity contribution in [1.82, 2.24) is 9.97 Å². The first-order chi connectivity index (χ1) is 8.53. The molecule has 0 saturated heterocycles. The summed E-state index contributed by atoms with van der Waals surface area (Å²) in [5.74, 6) is -0.470. The molecule has 1 heterocycles. The Morgan fingerprint density at radius 1 is 1.44 bits per heavy atom. The fourth-order valence-electron chi connectivity index (χ4n) is 1.39. The van der Waals surface area contributed by atoms with E-state index in [1.807, 2.05) is 0 Å². The van der Waals surface area contributed by atoms with Crippen LogP contribution in [-0.4, -0.2) is 18.4 Å². The molecule has 18 heavy (non-hydrogen) atoms. The lowest BCUT2D eigenvalue weighted by atomic mass is 10.2. The van der Waals surface area contributed by atoms with Crippen LogP contribution in [0.2, 0.25) is 0 Å². The van der Waals surface area contributed by atoms with Crippen molar-refractivity contribution < 1.29 is 12.8 Å². The second kappa shape index (κ2) is 4.75. The average molecular weight is 270 g/mol. The number of nitrogens with zero attached hydrogens (tertiary/aromatic N) is 1. The summed E-state index contributed by atoms with van der Waals surface area (Å²) in [4.78, 5) is 6.10. The first kappa shape index (κ1) is 12.5. The van der Waals surface area contributed by atoms with Crippen LogP contribution < -0.4 is 10.5 Å². The number of benzene rings is 1. The summed E-state index contributed by atoms with van der Waals surface area (Å²) in [6.07, 6.45) is 2.43. The van der Waals surface area contributed by atoms with Gasteiger partial charge >= 0.3 is 0 Å². The van der Waals surface area contributed by atoms with E-state index in [-0.39, 0.29) is 22.8 Å². The lowest BCUT2D eigenvalue weighted by molar-refractivity contribution is 0.597. The van der Waals surface area contributed by atoms with Crippen molar-refractivity contribution in [3.63, 3.8) is 0 Å². The molecule has 0 aliphatic rings. The second-order valence-corrected chi connectivity index (χ2v) is 5.18. The highest BCUT2D eigenvalue weighted by Crippen LogP contribution is 2.17. The van der Waals surface area contributed by atoms with E-state index in [9.17, 15) is 12.8 Å². The minimum atomic E-state index is -3.74. The smallest absolute Gasteiger partial charge is 0.278 e. The van der Waals surface area contributed by atoms with Crippen LogP contribution in [-0.2, 0) is 16.6 Å². The highest BCUT2D eigenvalue weighted by Gasteiger charge is 2.16. The molecule has 0 saturated carbocycles. The number of H-pyrrole nitrogens is 1. The van der Waals surface area contributed by atoms with Crippen molar-refractivity contribution in [3.05, 3.63) is 42.1 Å². The number of aromatic nitrogens is 2. The van der Waals surface area contributed by atoms with Crippen molar-refractivity contribution in [2.45, 2.75) is 11.6 Å². The Kier molecular flexibility index (Phi) is 3.30. The zero-order valence-electron chi connectivity index (χ0n) is 9.22. The van der Waals surface area contributed by atoms with Gasteiger partial charge in [0.2, 0.25) is 0 Å². The maximum Gasteiger partial charge on any atom is 0.278 e. The lowest BCUT2D eigenvalue weighted by Gasteiger charge is -2.08. The number of hydrogen-bond donors (Lipinski definition) is 3. The number of sulfonamides is 1. The van der Waals surface area contributed by atoms with Crippen LogP contribution in [0.25, 0.3) is 0 Å². The number of anilines is 1. The molecule has 4 N–H and O–H groups in total. The van der Waals surface area contributed by atoms with Gasteiger partial charge in [-0.25, -0.2) is 9.37 Å². The first-order valence-corrected chi connectivity index (χ1v) is 6.51. The second-order valence-electron chi connectivity index (χ2n) is 3.53. The molecule has 0 unspecified atom stereocenters. The molecule has 0 bridgehead atoms. The molecule has 0 radical (unpaired) electrons. The van der Waals surface area contributed by atoms with E-state index in [2.05, 4.69) is 14.7 Å². The molecular formula is C10H11FN4O2S. The van der Waals surface area contributed by atoms with Gasteiger partial charge < -0.3 is 10.7 Å². The Morgan fingerprint density at radius 3 is 2.83 bits per heavy atom. The van der Waals surface area contributed by atoms with E-state index in [4.69, 9.17) is 5.73 Å². The van der Waals surface area contributed by atoms with E-state index in [0.717, 1.165) is 6.07 Å². The Morgan fingerprint density at radius 2 is 2.22 bits per heavy atom. The number of imidazole rings is 1. The molecule has 0 atom stereocenters. The summed E-state index contributed by atoms with van der Waals surface area (Å²) in [5.41, 5.74) is 5.82. The van der Waals surface area contributed by atoms with Gasteiger partial charge in [-0.1, -0.05) is 0 Å². The Hall–Kier alpha value is -1.93. The molecule has 2 aromatic rings. The summed E-state index contributed by atoms with van der Waals surface area (Å²) >= 11 is 0. The van der Waals surface area contributed by atoms with Crippen molar-refractivity contribution in [2.75, 3.05) is 4.72 Å². The van der Waals surface area contributed by atoms with Gasteiger partial charge in [0.05, 0.1) is 12.5 Å². The standard InChI is InChI=1S/C10H11FN4O2S/c11-9-2-1-8(3-7(9)4-12)15-18(16,17)10-5-13-6-14-10/h1-3,5-6,15H,4,12H2,(H,13,14). The van der Waals surface area contributed by atoms with E-state index in [1.54, 1.807) is 0 Å². The van der Waals surface area contributed by atoms with Crippen LogP contribution in [0.3, 0.4) is 0 Å². The monoisotopic (exact) mass is 270 g/mol. The SMILES string of the molecule is NCc1cc(NS(=O)(=O)c2cnc[nH]2)ccc1F. The maximum atomic E-state index is 13.2. The highest BCUT2D eigenvalue weighted by atomic mass is 32.2. The molecule has 0 fully saturated rings. The van der Waals surface area contributed by atoms with Crippen molar-refractivity contribution in [2.24, 2.45) is 5.73 Å². The van der Waals surface area contributed by atoms with Crippen LogP contribution in [0.1, 0.15) is 5.56 Å². The Labute approximate surface area is 103 Å². The van der Waals surface area contributed by atoms with Crippen LogP contribution in [0, 0.1) is 5.82 Å². The molecule has 0 aliphatic heterocycles. The van der Waals surface area contributed by atoms with Crippen LogP contribution in [0.15, 0.2) is 35.7 Å². The summed E-state index contributed by atoms with van der Waals surface area (Å²) in [7, 11) is -3.74. The van der Waals surface area contributed by atoms with Crippen molar-refractivity contribution in [1.29, 1.82) is 0 Å². The van der Waals surface area contributed by atoms with Gasteiger partial charge in [-0.05, 0) is 18.2 Å². The minimum absolute atomic E-state index is 0.00847. The van der Waals surface area contributed by atoms with Gasteiger partial charge in [-0.15, -0.1) is 0 Å². The molecule has 0 spiro atoms. The number of halogens is 1. The predicted octanol–water partition coefficient (Wildman–Crippen LogP) is 0.808. The largest absolute Gasteiger partial charge is 0.334 e. The van der Waals surface area contributed by atoms with Crippen molar-refractivity contribution >= 4 is 15.7 Å². The number of nitrogens with one attached hydrogen (secondary N) is 2. The number of aromatic amines is 1. The number of rotatable bonds is 4. The van der Waals surface area contributed by atoms with Crippen LogP contribution in [0.5, 0.6) is 0 Å². The van der Waals surface area contributed by atoms with E-state index in [0.29, 0.717) is 0 Å². The topological polar surface area (TPSA) is 101 Å². The molecule has 0 aliphatic carbocycles. The normalized spacial score (nSPS) is 11.4. The molecule has 2 rings (SSSR count). The van der Waals surface area contributed by atoms with Gasteiger partial charge in [0.1, 0.15) is 5.82 Å². The molecule has 0 amide bonds. The van der Waals surface area contributed by atoms with Crippen molar-refractivity contribution in [3.8, 4) is 0 Å². The van der Waals surface area contributed by atoms with Crippen LogP contribution >= 0.6 is 0 Å². The van der Waals surface area contributed by atoms with Gasteiger partial charge in [0.15, 0.2) is 5.03 Å². The van der Waals surface area contributed by atoms with Gasteiger partial charge in [0.25, 0.3) is 10.0 Å². The zero-order chi connectivity index (χ0) is 13.2. The Balaban J connectivity index is 2.30. The van der Waals surface area contributed by atoms with Gasteiger partial charge in [-0.3, -0.25) is 4.72 Å². The maximum absolute atomic E-state index is 13.2. The van der Waals surface area contributed by atoms with E-state index >= 15 is 0 Å². The average Bonchev–Trinajstić information content (AvgIpc) is 2.85. The molecule has 96 valence electrons. The van der Waals surface area contributed by atoms with Gasteiger partial charge in [0, 0.05) is 17.8 Å². The third kappa shape index (κ3) is 2.49. The molecule has 6 nitrogen and oxygen atoms in total. The molecular weight excluding hydrogens is 259 g/mol. The molecule has 1 aromatic carbocycles. The third-order valence-corrected chi connectivity index (χ3v) is 3.59. The minimum Gasteiger partial charge on any atom is -0.334 e. The zero-order valence-corrected chi connectivity index (χ0v) is 10.0. The van der Waals surface area contributed by atoms with E-state index < -0.39 is 15.8 Å². The predicted molar refractivity (Wildman–Crippen MR) is 63.7 cm³/mol. The highest BCUT2D eigenvalue weighted by molar-refractivity contribution is 7.92. The fraction of sp³-hybridized carbons (Fsp3) is 0.100. The van der Waals surface area contributed by atoms with E-state index in [1.165, 1.54) is 24.7 Å². The third-order valence-electron chi connectivity index (χ3n) is 2.28. The lowest BCUT2D eigenvalue weighted by Crippen LogP contribution is -2.14. The molecule has 8 heteroatoms.